The van der Waals surface area contributed by atoms with Gasteiger partial charge in [-0.25, -0.2) is 9.37 Å². The molecule has 0 saturated heterocycles. The van der Waals surface area contributed by atoms with Crippen LogP contribution in [0.15, 0.2) is 79.0 Å². The molecule has 0 saturated carbocycles. The van der Waals surface area contributed by atoms with Crippen LogP contribution in [-0.2, 0) is 37.1 Å². The molecule has 0 aliphatic carbocycles. The van der Waals surface area contributed by atoms with Crippen LogP contribution >= 0.6 is 0 Å². The second kappa shape index (κ2) is 9.36. The van der Waals surface area contributed by atoms with Crippen molar-refractivity contribution in [1.29, 1.82) is 0 Å². The summed E-state index contributed by atoms with van der Waals surface area (Å²) in [6.07, 6.45) is 3.55. The lowest BCUT2D eigenvalue weighted by Gasteiger charge is -2.29. The number of carbonyl (C=O) groups is 1. The van der Waals surface area contributed by atoms with Crippen molar-refractivity contribution in [2.75, 3.05) is 6.54 Å². The van der Waals surface area contributed by atoms with E-state index in [4.69, 9.17) is 4.98 Å². The third kappa shape index (κ3) is 4.55. The Kier molecular flexibility index (Phi) is 5.98. The minimum absolute atomic E-state index is 0.0441. The molecule has 3 heterocycles. The van der Waals surface area contributed by atoms with Gasteiger partial charge in [0, 0.05) is 25.0 Å². The van der Waals surface area contributed by atoms with E-state index in [1.807, 2.05) is 47.4 Å². The summed E-state index contributed by atoms with van der Waals surface area (Å²) in [7, 11) is 0. The number of hydrogen-bond donors (Lipinski definition) is 0. The summed E-state index contributed by atoms with van der Waals surface area (Å²) in [4.78, 5) is 24.0. The molecule has 0 N–H and O–H groups in total. The zero-order valence-corrected chi connectivity index (χ0v) is 18.3. The highest BCUT2D eigenvalue weighted by Gasteiger charge is 2.28. The summed E-state index contributed by atoms with van der Waals surface area (Å²) in [5, 5.41) is 0. The molecule has 0 fully saturated rings. The maximum absolute atomic E-state index is 14.6. The first-order chi connectivity index (χ1) is 16.2. The number of carbonyl (C=O) groups excluding carboxylic acids is 1. The molecule has 6 heteroatoms. The number of pyridine rings is 1. The third-order valence-electron chi connectivity index (χ3n) is 6.11. The van der Waals surface area contributed by atoms with Crippen molar-refractivity contribution in [3.05, 3.63) is 107 Å². The molecule has 5 nitrogen and oxygen atoms in total. The molecule has 2 aromatic carbocycles. The Morgan fingerprint density at radius 1 is 0.909 bits per heavy atom. The molecule has 5 rings (SSSR count). The van der Waals surface area contributed by atoms with Gasteiger partial charge in [0.15, 0.2) is 0 Å². The van der Waals surface area contributed by atoms with Crippen LogP contribution in [0.5, 0.6) is 0 Å². The van der Waals surface area contributed by atoms with E-state index in [-0.39, 0.29) is 18.1 Å². The Bertz CT molecular complexity index is 1250. The van der Waals surface area contributed by atoms with E-state index in [0.717, 1.165) is 29.9 Å². The number of imidazole rings is 1. The van der Waals surface area contributed by atoms with Crippen LogP contribution < -0.4 is 0 Å². The van der Waals surface area contributed by atoms with Crippen molar-refractivity contribution in [2.45, 2.75) is 32.4 Å². The lowest BCUT2D eigenvalue weighted by Crippen LogP contribution is -2.39. The topological polar surface area (TPSA) is 51.0 Å². The predicted molar refractivity (Wildman–Crippen MR) is 125 cm³/mol. The molecule has 1 amide bonds. The molecule has 0 atom stereocenters. The molecule has 1 aliphatic rings. The minimum atomic E-state index is -0.284. The molecule has 0 bridgehead atoms. The van der Waals surface area contributed by atoms with Gasteiger partial charge in [0.1, 0.15) is 11.6 Å². The normalized spacial score (nSPS) is 13.1. The van der Waals surface area contributed by atoms with Gasteiger partial charge in [-0.05, 0) is 42.7 Å². The highest BCUT2D eigenvalue weighted by Crippen LogP contribution is 2.29. The predicted octanol–water partition coefficient (Wildman–Crippen LogP) is 4.45. The number of fused-ring (bicyclic) bond motifs is 1. The van der Waals surface area contributed by atoms with Crippen LogP contribution in [0.25, 0.3) is 11.4 Å². The van der Waals surface area contributed by atoms with Crippen LogP contribution in [0.3, 0.4) is 0 Å². The van der Waals surface area contributed by atoms with E-state index >= 15 is 0 Å². The lowest BCUT2D eigenvalue weighted by atomic mass is 10.1. The number of aryl methyl sites for hydroxylation is 2. The van der Waals surface area contributed by atoms with E-state index in [9.17, 15) is 9.18 Å². The van der Waals surface area contributed by atoms with Crippen molar-refractivity contribution >= 4 is 5.91 Å². The second-order valence-electron chi connectivity index (χ2n) is 8.26. The SMILES string of the molecule is O=C(Cc1ccccn1)N1CCn2c(-c3ccccc3F)nc(CCc3ccccc3)c2C1. The van der Waals surface area contributed by atoms with Gasteiger partial charge >= 0.3 is 0 Å². The fourth-order valence-electron chi connectivity index (χ4n) is 4.37. The number of hydrogen-bond acceptors (Lipinski definition) is 3. The minimum Gasteiger partial charge on any atom is -0.335 e. The molecule has 0 radical (unpaired) electrons. The standard InChI is InChI=1S/C27H25FN4O/c28-23-12-5-4-11-22(23)27-30-24(14-13-20-8-2-1-3-9-20)25-19-31(16-17-32(25)27)26(33)18-21-10-6-7-15-29-21/h1-12,15H,13-14,16-19H2. The number of rotatable bonds is 6. The molecular formula is C27H25FN4O. The van der Waals surface area contributed by atoms with Crippen LogP contribution in [0.4, 0.5) is 4.39 Å². The summed E-state index contributed by atoms with van der Waals surface area (Å²) >= 11 is 0. The molecule has 1 aliphatic heterocycles. The Balaban J connectivity index is 1.44. The van der Waals surface area contributed by atoms with Gasteiger partial charge in [0.2, 0.25) is 5.91 Å². The van der Waals surface area contributed by atoms with Gasteiger partial charge in [-0.15, -0.1) is 0 Å². The Morgan fingerprint density at radius 2 is 1.70 bits per heavy atom. The van der Waals surface area contributed by atoms with Crippen LogP contribution in [-0.4, -0.2) is 31.9 Å². The van der Waals surface area contributed by atoms with Crippen molar-refractivity contribution < 1.29 is 9.18 Å². The summed E-state index contributed by atoms with van der Waals surface area (Å²) in [6.45, 7) is 1.62. The molecule has 0 unspecified atom stereocenters. The Labute approximate surface area is 192 Å². The largest absolute Gasteiger partial charge is 0.335 e. The summed E-state index contributed by atoms with van der Waals surface area (Å²) in [5.74, 6) is 0.402. The van der Waals surface area contributed by atoms with Gasteiger partial charge < -0.3 is 9.47 Å². The van der Waals surface area contributed by atoms with Crippen LogP contribution in [0.2, 0.25) is 0 Å². The van der Waals surface area contributed by atoms with E-state index in [1.165, 1.54) is 11.6 Å². The maximum Gasteiger partial charge on any atom is 0.229 e. The van der Waals surface area contributed by atoms with Crippen molar-refractivity contribution in [3.8, 4) is 11.4 Å². The number of aromatic nitrogens is 3. The first-order valence-electron chi connectivity index (χ1n) is 11.2. The van der Waals surface area contributed by atoms with Crippen molar-refractivity contribution in [1.82, 2.24) is 19.4 Å². The van der Waals surface area contributed by atoms with E-state index in [0.29, 0.717) is 31.0 Å². The van der Waals surface area contributed by atoms with E-state index < -0.39 is 0 Å². The average Bonchev–Trinajstić information content (AvgIpc) is 3.22. The number of nitrogens with zero attached hydrogens (tertiary/aromatic N) is 4. The number of amides is 1. The van der Waals surface area contributed by atoms with Crippen molar-refractivity contribution in [3.63, 3.8) is 0 Å². The molecular weight excluding hydrogens is 415 g/mol. The lowest BCUT2D eigenvalue weighted by molar-refractivity contribution is -0.131. The molecule has 166 valence electrons. The van der Waals surface area contributed by atoms with Gasteiger partial charge in [-0.1, -0.05) is 48.5 Å². The third-order valence-corrected chi connectivity index (χ3v) is 6.11. The Hall–Kier alpha value is -3.80. The summed E-state index contributed by atoms with van der Waals surface area (Å²) in [6, 6.07) is 22.6. The highest BCUT2D eigenvalue weighted by atomic mass is 19.1. The second-order valence-corrected chi connectivity index (χ2v) is 8.26. The maximum atomic E-state index is 14.6. The van der Waals surface area contributed by atoms with Gasteiger partial charge in [0.05, 0.1) is 29.9 Å². The number of benzene rings is 2. The smallest absolute Gasteiger partial charge is 0.229 e. The monoisotopic (exact) mass is 440 g/mol. The molecule has 2 aromatic heterocycles. The van der Waals surface area contributed by atoms with E-state index in [1.54, 1.807) is 18.3 Å². The zero-order valence-electron chi connectivity index (χ0n) is 18.3. The van der Waals surface area contributed by atoms with Crippen molar-refractivity contribution in [2.24, 2.45) is 0 Å². The first kappa shape index (κ1) is 21.1. The Morgan fingerprint density at radius 3 is 2.48 bits per heavy atom. The van der Waals surface area contributed by atoms with E-state index in [2.05, 4.69) is 21.7 Å². The van der Waals surface area contributed by atoms with Crippen LogP contribution in [0, 0.1) is 5.82 Å². The fourth-order valence-corrected chi connectivity index (χ4v) is 4.37. The zero-order chi connectivity index (χ0) is 22.6. The molecule has 4 aromatic rings. The number of halogens is 1. The van der Waals surface area contributed by atoms with Crippen LogP contribution in [0.1, 0.15) is 22.6 Å². The average molecular weight is 441 g/mol. The molecule has 33 heavy (non-hydrogen) atoms. The van der Waals surface area contributed by atoms with Gasteiger partial charge in [-0.3, -0.25) is 9.78 Å². The fraction of sp³-hybridized carbons (Fsp3) is 0.222. The summed E-state index contributed by atoms with van der Waals surface area (Å²) < 4.78 is 16.7. The van der Waals surface area contributed by atoms with Gasteiger partial charge in [0.25, 0.3) is 0 Å². The quantitative estimate of drug-likeness (QED) is 0.445. The molecule has 0 spiro atoms. The van der Waals surface area contributed by atoms with Gasteiger partial charge in [-0.2, -0.15) is 0 Å². The highest BCUT2D eigenvalue weighted by molar-refractivity contribution is 5.78. The summed E-state index contributed by atoms with van der Waals surface area (Å²) in [5.41, 5.74) is 4.40. The first-order valence-corrected chi connectivity index (χ1v) is 11.2.